The molecule has 16 heavy (non-hydrogen) atoms. The molecule has 3 heteroatoms. The summed E-state index contributed by atoms with van der Waals surface area (Å²) >= 11 is 0. The predicted molar refractivity (Wildman–Crippen MR) is 66.7 cm³/mol. The second-order valence-corrected chi connectivity index (χ2v) is 5.97. The van der Waals surface area contributed by atoms with Crippen LogP contribution < -0.4 is 5.32 Å². The summed E-state index contributed by atoms with van der Waals surface area (Å²) in [5.41, 5.74) is 0.308. The smallest absolute Gasteiger partial charge is 0.0480 e. The Labute approximate surface area is 99.5 Å². The van der Waals surface area contributed by atoms with Gasteiger partial charge in [-0.15, -0.1) is 0 Å². The third-order valence-electron chi connectivity index (χ3n) is 4.17. The average molecular weight is 226 g/mol. The molecule has 0 spiro atoms. The summed E-state index contributed by atoms with van der Waals surface area (Å²) in [6, 6.07) is 1.49. The fourth-order valence-corrected chi connectivity index (χ4v) is 3.08. The zero-order valence-electron chi connectivity index (χ0n) is 11.0. The second-order valence-electron chi connectivity index (χ2n) is 5.97. The van der Waals surface area contributed by atoms with Gasteiger partial charge in [0, 0.05) is 30.8 Å². The van der Waals surface area contributed by atoms with Gasteiger partial charge in [-0.2, -0.15) is 0 Å². The number of hydrogen-bond acceptors (Lipinski definition) is 3. The molecule has 0 saturated carbocycles. The standard InChI is InChI=1S/C13H26N2O/c1-13(2)10-12(4-7-14-13)15(3)11-5-8-16-9-6-11/h11-12,14H,4-10H2,1-3H3. The van der Waals surface area contributed by atoms with Crippen molar-refractivity contribution in [1.29, 1.82) is 0 Å². The molecule has 1 N–H and O–H groups in total. The van der Waals surface area contributed by atoms with E-state index in [-0.39, 0.29) is 0 Å². The normalized spacial score (nSPS) is 31.9. The minimum absolute atomic E-state index is 0.308. The largest absolute Gasteiger partial charge is 0.381 e. The Morgan fingerprint density at radius 1 is 1.12 bits per heavy atom. The van der Waals surface area contributed by atoms with Gasteiger partial charge in [0.15, 0.2) is 0 Å². The molecule has 2 aliphatic heterocycles. The Morgan fingerprint density at radius 2 is 1.81 bits per heavy atom. The van der Waals surface area contributed by atoms with Gasteiger partial charge in [-0.1, -0.05) is 0 Å². The summed E-state index contributed by atoms with van der Waals surface area (Å²) in [5, 5.41) is 3.59. The van der Waals surface area contributed by atoms with Crippen LogP contribution in [0, 0.1) is 0 Å². The molecule has 0 aromatic carbocycles. The van der Waals surface area contributed by atoms with E-state index in [0.717, 1.165) is 31.8 Å². The molecular formula is C13H26N2O. The van der Waals surface area contributed by atoms with Crippen molar-refractivity contribution in [2.24, 2.45) is 0 Å². The van der Waals surface area contributed by atoms with E-state index in [1.807, 2.05) is 0 Å². The zero-order chi connectivity index (χ0) is 11.6. The molecule has 0 aliphatic carbocycles. The Hall–Kier alpha value is -0.120. The summed E-state index contributed by atoms with van der Waals surface area (Å²) in [4.78, 5) is 2.62. The van der Waals surface area contributed by atoms with Crippen LogP contribution in [0.25, 0.3) is 0 Å². The van der Waals surface area contributed by atoms with Gasteiger partial charge in [0.05, 0.1) is 0 Å². The quantitative estimate of drug-likeness (QED) is 0.774. The van der Waals surface area contributed by atoms with E-state index >= 15 is 0 Å². The maximum Gasteiger partial charge on any atom is 0.0480 e. The second kappa shape index (κ2) is 5.03. The van der Waals surface area contributed by atoms with Crippen molar-refractivity contribution in [3.05, 3.63) is 0 Å². The van der Waals surface area contributed by atoms with Crippen molar-refractivity contribution in [1.82, 2.24) is 10.2 Å². The summed E-state index contributed by atoms with van der Waals surface area (Å²) in [6.07, 6.45) is 4.97. The van der Waals surface area contributed by atoms with Crippen LogP contribution >= 0.6 is 0 Å². The van der Waals surface area contributed by atoms with Gasteiger partial charge in [-0.25, -0.2) is 0 Å². The van der Waals surface area contributed by atoms with Crippen molar-refractivity contribution in [2.75, 3.05) is 26.8 Å². The van der Waals surface area contributed by atoms with E-state index in [1.165, 1.54) is 25.7 Å². The molecule has 0 amide bonds. The van der Waals surface area contributed by atoms with Crippen LogP contribution in [0.5, 0.6) is 0 Å². The maximum absolute atomic E-state index is 5.44. The molecule has 94 valence electrons. The highest BCUT2D eigenvalue weighted by Gasteiger charge is 2.32. The van der Waals surface area contributed by atoms with Gasteiger partial charge in [0.1, 0.15) is 0 Å². The number of nitrogens with one attached hydrogen (secondary N) is 1. The first-order valence-electron chi connectivity index (χ1n) is 6.63. The monoisotopic (exact) mass is 226 g/mol. The van der Waals surface area contributed by atoms with Crippen LogP contribution in [0.1, 0.15) is 39.5 Å². The number of ether oxygens (including phenoxy) is 1. The summed E-state index contributed by atoms with van der Waals surface area (Å²) in [5.74, 6) is 0. The molecule has 3 nitrogen and oxygen atoms in total. The lowest BCUT2D eigenvalue weighted by Gasteiger charge is -2.44. The number of rotatable bonds is 2. The fraction of sp³-hybridized carbons (Fsp3) is 1.00. The Kier molecular flexibility index (Phi) is 3.88. The zero-order valence-corrected chi connectivity index (χ0v) is 11.0. The third-order valence-corrected chi connectivity index (χ3v) is 4.17. The topological polar surface area (TPSA) is 24.5 Å². The lowest BCUT2D eigenvalue weighted by atomic mass is 9.87. The molecule has 2 fully saturated rings. The minimum Gasteiger partial charge on any atom is -0.381 e. The average Bonchev–Trinajstić information content (AvgIpc) is 2.28. The Balaban J connectivity index is 1.90. The molecule has 1 unspecified atom stereocenters. The molecule has 0 aromatic heterocycles. The Bertz CT molecular complexity index is 224. The highest BCUT2D eigenvalue weighted by molar-refractivity contribution is 4.91. The number of nitrogens with zero attached hydrogens (tertiary/aromatic N) is 1. The van der Waals surface area contributed by atoms with Gasteiger partial charge in [0.25, 0.3) is 0 Å². The fourth-order valence-electron chi connectivity index (χ4n) is 3.08. The van der Waals surface area contributed by atoms with Crippen molar-refractivity contribution < 1.29 is 4.74 Å². The molecule has 1 atom stereocenters. The van der Waals surface area contributed by atoms with Gasteiger partial charge >= 0.3 is 0 Å². The van der Waals surface area contributed by atoms with Crippen LogP contribution in [0.15, 0.2) is 0 Å². The van der Waals surface area contributed by atoms with E-state index in [0.29, 0.717) is 5.54 Å². The van der Waals surface area contributed by atoms with Crippen LogP contribution in [0.2, 0.25) is 0 Å². The molecule has 2 aliphatic rings. The molecule has 2 rings (SSSR count). The molecule has 2 heterocycles. The van der Waals surface area contributed by atoms with E-state index in [1.54, 1.807) is 0 Å². The van der Waals surface area contributed by atoms with Crippen LogP contribution in [-0.2, 0) is 4.74 Å². The van der Waals surface area contributed by atoms with Crippen LogP contribution in [0.4, 0.5) is 0 Å². The van der Waals surface area contributed by atoms with Crippen molar-refractivity contribution >= 4 is 0 Å². The van der Waals surface area contributed by atoms with E-state index < -0.39 is 0 Å². The SMILES string of the molecule is CN(C1CCOCC1)C1CCNC(C)(C)C1. The molecule has 2 saturated heterocycles. The van der Waals surface area contributed by atoms with Crippen molar-refractivity contribution in [2.45, 2.75) is 57.2 Å². The van der Waals surface area contributed by atoms with Gasteiger partial charge in [-0.05, 0) is 53.1 Å². The van der Waals surface area contributed by atoms with E-state index in [4.69, 9.17) is 4.74 Å². The first-order chi connectivity index (χ1) is 7.58. The lowest BCUT2D eigenvalue weighted by Crippen LogP contribution is -2.54. The molecule has 0 bridgehead atoms. The lowest BCUT2D eigenvalue weighted by molar-refractivity contribution is 0.0157. The van der Waals surface area contributed by atoms with Crippen LogP contribution in [-0.4, -0.2) is 49.3 Å². The number of hydrogen-bond donors (Lipinski definition) is 1. The molecular weight excluding hydrogens is 200 g/mol. The van der Waals surface area contributed by atoms with Gasteiger partial charge in [-0.3, -0.25) is 0 Å². The van der Waals surface area contributed by atoms with E-state index in [2.05, 4.69) is 31.1 Å². The van der Waals surface area contributed by atoms with Crippen LogP contribution in [0.3, 0.4) is 0 Å². The Morgan fingerprint density at radius 3 is 2.44 bits per heavy atom. The van der Waals surface area contributed by atoms with Gasteiger partial charge in [0.2, 0.25) is 0 Å². The van der Waals surface area contributed by atoms with Crippen molar-refractivity contribution in [3.63, 3.8) is 0 Å². The summed E-state index contributed by atoms with van der Waals surface area (Å²) in [7, 11) is 2.31. The van der Waals surface area contributed by atoms with Gasteiger partial charge < -0.3 is 15.0 Å². The first kappa shape index (κ1) is 12.3. The summed E-state index contributed by atoms with van der Waals surface area (Å²) in [6.45, 7) is 7.69. The third kappa shape index (κ3) is 2.96. The highest BCUT2D eigenvalue weighted by atomic mass is 16.5. The first-order valence-corrected chi connectivity index (χ1v) is 6.63. The van der Waals surface area contributed by atoms with Crippen molar-refractivity contribution in [3.8, 4) is 0 Å². The highest BCUT2D eigenvalue weighted by Crippen LogP contribution is 2.25. The number of piperidine rings is 1. The summed E-state index contributed by atoms with van der Waals surface area (Å²) < 4.78 is 5.44. The maximum atomic E-state index is 5.44. The minimum atomic E-state index is 0.308. The van der Waals surface area contributed by atoms with E-state index in [9.17, 15) is 0 Å². The molecule has 0 radical (unpaired) electrons. The predicted octanol–water partition coefficient (Wildman–Crippen LogP) is 1.63. The molecule has 0 aromatic rings.